The molecule has 0 aliphatic carbocycles. The molecule has 3 rings (SSSR count). The van der Waals surface area contributed by atoms with E-state index in [0.717, 1.165) is 0 Å². The molecule has 150 valence electrons. The molecule has 4 N–H and O–H groups in total. The molecule has 2 heterocycles. The van der Waals surface area contributed by atoms with Gasteiger partial charge in [0.1, 0.15) is 12.4 Å². The van der Waals surface area contributed by atoms with E-state index >= 15 is 0 Å². The first-order valence-electron chi connectivity index (χ1n) is 8.86. The van der Waals surface area contributed by atoms with Crippen molar-refractivity contribution in [3.8, 4) is 11.3 Å². The van der Waals surface area contributed by atoms with Crippen molar-refractivity contribution < 1.29 is 14.0 Å². The molecule has 1 aliphatic rings. The number of carbonyl (C=O) groups is 2. The van der Waals surface area contributed by atoms with Crippen molar-refractivity contribution in [3.05, 3.63) is 40.5 Å². The molecule has 1 aliphatic heterocycles. The summed E-state index contributed by atoms with van der Waals surface area (Å²) >= 11 is 6.10. The highest BCUT2D eigenvalue weighted by Crippen LogP contribution is 2.45. The van der Waals surface area contributed by atoms with E-state index in [1.807, 2.05) is 20.8 Å². The van der Waals surface area contributed by atoms with Gasteiger partial charge >= 0.3 is 6.03 Å². The monoisotopic (exact) mass is 407 g/mol. The van der Waals surface area contributed by atoms with Gasteiger partial charge in [-0.25, -0.2) is 9.18 Å². The molecule has 1 aromatic carbocycles. The minimum absolute atomic E-state index is 0.0512. The number of alkyl halides is 1. The Morgan fingerprint density at radius 3 is 2.50 bits per heavy atom. The third-order valence-corrected chi connectivity index (χ3v) is 5.13. The minimum atomic E-state index is -0.775. The van der Waals surface area contributed by atoms with Crippen LogP contribution in [0.4, 0.5) is 9.18 Å². The summed E-state index contributed by atoms with van der Waals surface area (Å²) in [5.74, 6) is -0.714. The Morgan fingerprint density at radius 2 is 2.00 bits per heavy atom. The fraction of sp³-hybridized carbons (Fsp3) is 0.421. The van der Waals surface area contributed by atoms with Gasteiger partial charge in [-0.1, -0.05) is 44.5 Å². The molecule has 28 heavy (non-hydrogen) atoms. The van der Waals surface area contributed by atoms with E-state index in [2.05, 4.69) is 5.10 Å². The highest BCUT2D eigenvalue weighted by Gasteiger charge is 2.45. The molecule has 7 nitrogen and oxygen atoms in total. The van der Waals surface area contributed by atoms with Crippen LogP contribution >= 0.6 is 11.6 Å². The largest absolute Gasteiger partial charge is 0.365 e. The van der Waals surface area contributed by atoms with E-state index in [0.29, 0.717) is 22.0 Å². The SMILES string of the molecule is CC(C)(C)C1c2c(C(N)=O)c(-c3cccc(Cl)c3)nn2C(CF)CN1C(N)=O. The van der Waals surface area contributed by atoms with Crippen LogP contribution in [-0.4, -0.2) is 39.8 Å². The Hall–Kier alpha value is -2.61. The Labute approximate surface area is 167 Å². The first-order chi connectivity index (χ1) is 13.1. The number of nitrogens with zero attached hydrogens (tertiary/aromatic N) is 3. The fourth-order valence-corrected chi connectivity index (χ4v) is 4.03. The number of fused-ring (bicyclic) bond motifs is 1. The molecule has 0 spiro atoms. The van der Waals surface area contributed by atoms with Crippen LogP contribution in [0.3, 0.4) is 0 Å². The third kappa shape index (κ3) is 3.32. The molecular weight excluding hydrogens is 385 g/mol. The average molecular weight is 408 g/mol. The molecule has 2 aromatic rings. The molecule has 3 amide bonds. The zero-order valence-electron chi connectivity index (χ0n) is 15.9. The van der Waals surface area contributed by atoms with Gasteiger partial charge in [0.2, 0.25) is 0 Å². The van der Waals surface area contributed by atoms with Gasteiger partial charge in [0.15, 0.2) is 0 Å². The van der Waals surface area contributed by atoms with Gasteiger partial charge in [0.05, 0.1) is 23.3 Å². The maximum absolute atomic E-state index is 13.8. The standard InChI is InChI=1S/C19H23ClFN5O2/c1-19(2,3)16-15-13(17(22)27)14(10-5-4-6-11(20)7-10)24-26(15)12(8-21)9-25(16)18(23)28/h4-7,12,16H,8-9H2,1-3H3,(H2,22,27)(H2,23,28). The summed E-state index contributed by atoms with van der Waals surface area (Å²) in [6.45, 7) is 5.00. The fourth-order valence-electron chi connectivity index (χ4n) is 3.84. The summed E-state index contributed by atoms with van der Waals surface area (Å²) in [5.41, 5.74) is 12.2. The second kappa shape index (κ2) is 7.09. The third-order valence-electron chi connectivity index (χ3n) is 4.90. The smallest absolute Gasteiger partial charge is 0.315 e. The van der Waals surface area contributed by atoms with Gasteiger partial charge in [0.25, 0.3) is 5.91 Å². The average Bonchev–Trinajstić information content (AvgIpc) is 2.99. The second-order valence-electron chi connectivity index (χ2n) is 8.00. The van der Waals surface area contributed by atoms with Crippen molar-refractivity contribution >= 4 is 23.5 Å². The van der Waals surface area contributed by atoms with Gasteiger partial charge in [-0.15, -0.1) is 0 Å². The first kappa shape index (κ1) is 20.1. The molecule has 0 saturated heterocycles. The number of amides is 3. The summed E-state index contributed by atoms with van der Waals surface area (Å²) < 4.78 is 15.3. The maximum Gasteiger partial charge on any atom is 0.315 e. The quantitative estimate of drug-likeness (QED) is 0.814. The van der Waals surface area contributed by atoms with Crippen LogP contribution in [-0.2, 0) is 0 Å². The van der Waals surface area contributed by atoms with Crippen LogP contribution < -0.4 is 11.5 Å². The maximum atomic E-state index is 13.8. The van der Waals surface area contributed by atoms with Crippen molar-refractivity contribution in [2.75, 3.05) is 13.2 Å². The minimum Gasteiger partial charge on any atom is -0.365 e. The molecule has 0 saturated carbocycles. The van der Waals surface area contributed by atoms with Crippen LogP contribution in [0.1, 0.15) is 48.9 Å². The van der Waals surface area contributed by atoms with E-state index in [1.54, 1.807) is 24.3 Å². The number of nitrogens with two attached hydrogens (primary N) is 2. The lowest BCUT2D eigenvalue weighted by atomic mass is 9.80. The van der Waals surface area contributed by atoms with E-state index in [9.17, 15) is 14.0 Å². The summed E-state index contributed by atoms with van der Waals surface area (Å²) in [7, 11) is 0. The van der Waals surface area contributed by atoms with Crippen LogP contribution in [0.15, 0.2) is 24.3 Å². The predicted octanol–water partition coefficient (Wildman–Crippen LogP) is 3.29. The Balaban J connectivity index is 2.36. The zero-order chi connectivity index (χ0) is 20.8. The van der Waals surface area contributed by atoms with E-state index in [1.165, 1.54) is 9.58 Å². The number of rotatable bonds is 3. The zero-order valence-corrected chi connectivity index (χ0v) is 16.7. The topological polar surface area (TPSA) is 107 Å². The molecule has 0 radical (unpaired) electrons. The van der Waals surface area contributed by atoms with Gasteiger partial charge in [-0.2, -0.15) is 5.10 Å². The van der Waals surface area contributed by atoms with Crippen molar-refractivity contribution in [2.45, 2.75) is 32.9 Å². The lowest BCUT2D eigenvalue weighted by Crippen LogP contribution is -2.51. The van der Waals surface area contributed by atoms with Crippen LogP contribution in [0.5, 0.6) is 0 Å². The number of halogens is 2. The summed E-state index contributed by atoms with van der Waals surface area (Å²) in [6.07, 6.45) is 0. The lowest BCUT2D eigenvalue weighted by Gasteiger charge is -2.45. The number of aromatic nitrogens is 2. The van der Waals surface area contributed by atoms with E-state index in [4.69, 9.17) is 23.1 Å². The molecule has 1 aromatic heterocycles. The highest BCUT2D eigenvalue weighted by molar-refractivity contribution is 6.30. The van der Waals surface area contributed by atoms with Gasteiger partial charge in [-0.3, -0.25) is 9.48 Å². The number of benzene rings is 1. The predicted molar refractivity (Wildman–Crippen MR) is 105 cm³/mol. The number of hydrogen-bond donors (Lipinski definition) is 2. The second-order valence-corrected chi connectivity index (χ2v) is 8.43. The van der Waals surface area contributed by atoms with Crippen LogP contribution in [0.2, 0.25) is 5.02 Å². The van der Waals surface area contributed by atoms with Gasteiger partial charge in [-0.05, 0) is 17.5 Å². The summed E-state index contributed by atoms with van der Waals surface area (Å²) in [6, 6.07) is 4.76. The van der Waals surface area contributed by atoms with Crippen molar-refractivity contribution in [3.63, 3.8) is 0 Å². The Kier molecular flexibility index (Phi) is 5.10. The Morgan fingerprint density at radius 1 is 1.32 bits per heavy atom. The van der Waals surface area contributed by atoms with Crippen molar-refractivity contribution in [2.24, 2.45) is 16.9 Å². The summed E-state index contributed by atoms with van der Waals surface area (Å²) in [5, 5.41) is 5.00. The Bertz CT molecular complexity index is 937. The molecule has 0 fully saturated rings. The molecule has 0 bridgehead atoms. The summed E-state index contributed by atoms with van der Waals surface area (Å²) in [4.78, 5) is 26.0. The first-order valence-corrected chi connectivity index (χ1v) is 9.24. The van der Waals surface area contributed by atoms with Crippen molar-refractivity contribution in [1.82, 2.24) is 14.7 Å². The molecule has 9 heteroatoms. The van der Waals surface area contributed by atoms with Crippen LogP contribution in [0.25, 0.3) is 11.3 Å². The van der Waals surface area contributed by atoms with E-state index in [-0.39, 0.29) is 12.1 Å². The van der Waals surface area contributed by atoms with E-state index < -0.39 is 36.1 Å². The highest BCUT2D eigenvalue weighted by atomic mass is 35.5. The lowest BCUT2D eigenvalue weighted by molar-refractivity contribution is 0.0701. The van der Waals surface area contributed by atoms with Crippen molar-refractivity contribution in [1.29, 1.82) is 0 Å². The number of urea groups is 1. The number of hydrogen-bond acceptors (Lipinski definition) is 3. The number of primary amides is 2. The van der Waals surface area contributed by atoms with Gasteiger partial charge < -0.3 is 16.4 Å². The molecular formula is C19H23ClFN5O2. The van der Waals surface area contributed by atoms with Crippen LogP contribution in [0, 0.1) is 5.41 Å². The molecule has 2 atom stereocenters. The number of carbonyl (C=O) groups excluding carboxylic acids is 2. The van der Waals surface area contributed by atoms with Gasteiger partial charge in [0, 0.05) is 17.1 Å². The molecule has 2 unspecified atom stereocenters. The normalized spacial score (nSPS) is 19.4.